The van der Waals surface area contributed by atoms with Crippen molar-refractivity contribution in [1.29, 1.82) is 0 Å². The fourth-order valence-corrected chi connectivity index (χ4v) is 2.67. The highest BCUT2D eigenvalue weighted by Crippen LogP contribution is 2.25. The van der Waals surface area contributed by atoms with Gasteiger partial charge in [0, 0.05) is 17.0 Å². The molecule has 4 nitrogen and oxygen atoms in total. The minimum absolute atomic E-state index is 0.0950. The third-order valence-electron chi connectivity index (χ3n) is 3.89. The number of nitrogens with zero attached hydrogens (tertiary/aromatic N) is 1. The summed E-state index contributed by atoms with van der Waals surface area (Å²) in [6.07, 6.45) is 1.57. The van der Waals surface area contributed by atoms with Crippen molar-refractivity contribution in [2.24, 2.45) is 0 Å². The Hall–Kier alpha value is -2.59. The first-order chi connectivity index (χ1) is 12.2. The number of methoxy groups -OCH3 is 1. The van der Waals surface area contributed by atoms with Gasteiger partial charge in [-0.05, 0) is 36.2 Å². The maximum atomic E-state index is 11.7. The number of aryl methyl sites for hydroxylation is 2. The van der Waals surface area contributed by atoms with Crippen LogP contribution in [-0.4, -0.2) is 18.1 Å². The number of carbonyl (C=O) groups excluding carboxylic acids is 1. The molecule has 0 unspecified atom stereocenters. The zero-order chi connectivity index (χ0) is 17.6. The van der Waals surface area contributed by atoms with Crippen LogP contribution in [0.5, 0.6) is 0 Å². The number of ether oxygens (including phenoxy) is 1. The number of hydrogen-bond acceptors (Lipinski definition) is 4. The molecule has 0 bridgehead atoms. The second-order valence-electron chi connectivity index (χ2n) is 5.63. The van der Waals surface area contributed by atoms with Crippen molar-refractivity contribution in [2.75, 3.05) is 7.11 Å². The van der Waals surface area contributed by atoms with Crippen LogP contribution in [0.25, 0.3) is 11.5 Å². The molecule has 0 saturated heterocycles. The van der Waals surface area contributed by atoms with E-state index in [4.69, 9.17) is 20.8 Å². The SMILES string of the molecule is COC(=O)Cc1nc(-c2ccc(Cl)cc2)oc1CCc1ccccc1. The molecular formula is C20H18ClNO3. The lowest BCUT2D eigenvalue weighted by molar-refractivity contribution is -0.139. The van der Waals surface area contributed by atoms with Gasteiger partial charge in [0.25, 0.3) is 0 Å². The predicted molar refractivity (Wildman–Crippen MR) is 96.5 cm³/mol. The van der Waals surface area contributed by atoms with Gasteiger partial charge in [0.15, 0.2) is 0 Å². The Morgan fingerprint density at radius 2 is 1.80 bits per heavy atom. The van der Waals surface area contributed by atoms with Crippen LogP contribution in [0.15, 0.2) is 59.0 Å². The number of carbonyl (C=O) groups is 1. The number of esters is 1. The largest absolute Gasteiger partial charge is 0.469 e. The van der Waals surface area contributed by atoms with E-state index >= 15 is 0 Å². The molecule has 3 aromatic rings. The number of aromatic nitrogens is 1. The zero-order valence-electron chi connectivity index (χ0n) is 13.9. The molecular weight excluding hydrogens is 338 g/mol. The van der Waals surface area contributed by atoms with Crippen molar-refractivity contribution in [3.8, 4) is 11.5 Å². The molecule has 0 atom stereocenters. The molecule has 0 amide bonds. The van der Waals surface area contributed by atoms with Gasteiger partial charge < -0.3 is 9.15 Å². The first kappa shape index (κ1) is 17.2. The normalized spacial score (nSPS) is 10.6. The molecule has 0 aliphatic heterocycles. The summed E-state index contributed by atoms with van der Waals surface area (Å²) in [5.41, 5.74) is 2.64. The topological polar surface area (TPSA) is 52.3 Å². The number of benzene rings is 2. The molecule has 1 aromatic heterocycles. The maximum absolute atomic E-state index is 11.7. The highest BCUT2D eigenvalue weighted by atomic mass is 35.5. The second-order valence-corrected chi connectivity index (χ2v) is 6.07. The molecule has 0 aliphatic rings. The van der Waals surface area contributed by atoms with Crippen LogP contribution in [0.3, 0.4) is 0 Å². The third-order valence-corrected chi connectivity index (χ3v) is 4.14. The van der Waals surface area contributed by atoms with E-state index in [1.54, 1.807) is 12.1 Å². The van der Waals surface area contributed by atoms with Gasteiger partial charge in [0.2, 0.25) is 5.89 Å². The van der Waals surface area contributed by atoms with E-state index in [0.29, 0.717) is 28.8 Å². The number of hydrogen-bond donors (Lipinski definition) is 0. The number of rotatable bonds is 6. The molecule has 5 heteroatoms. The van der Waals surface area contributed by atoms with Gasteiger partial charge in [0.1, 0.15) is 5.76 Å². The lowest BCUT2D eigenvalue weighted by Gasteiger charge is -2.01. The first-order valence-corrected chi connectivity index (χ1v) is 8.39. The summed E-state index contributed by atoms with van der Waals surface area (Å²) in [4.78, 5) is 16.2. The Labute approximate surface area is 151 Å². The minimum Gasteiger partial charge on any atom is -0.469 e. The summed E-state index contributed by atoms with van der Waals surface area (Å²) in [5.74, 6) is 0.856. The van der Waals surface area contributed by atoms with Gasteiger partial charge >= 0.3 is 5.97 Å². The van der Waals surface area contributed by atoms with Crippen molar-refractivity contribution < 1.29 is 13.9 Å². The molecule has 3 rings (SSSR count). The Morgan fingerprint density at radius 1 is 1.08 bits per heavy atom. The standard InChI is InChI=1S/C20H18ClNO3/c1-24-19(23)13-17-18(12-7-14-5-3-2-4-6-14)25-20(22-17)15-8-10-16(21)11-9-15/h2-6,8-11H,7,12-13H2,1H3. The minimum atomic E-state index is -0.336. The molecule has 0 aliphatic carbocycles. The fourth-order valence-electron chi connectivity index (χ4n) is 2.54. The highest BCUT2D eigenvalue weighted by Gasteiger charge is 2.17. The number of oxazole rings is 1. The summed E-state index contributed by atoms with van der Waals surface area (Å²) in [6, 6.07) is 17.4. The molecule has 2 aromatic carbocycles. The summed E-state index contributed by atoms with van der Waals surface area (Å²) >= 11 is 5.93. The molecule has 0 saturated carbocycles. The van der Waals surface area contributed by atoms with Crippen molar-refractivity contribution in [1.82, 2.24) is 4.98 Å². The van der Waals surface area contributed by atoms with Crippen LogP contribution in [0.2, 0.25) is 5.02 Å². The van der Waals surface area contributed by atoms with Gasteiger partial charge in [-0.25, -0.2) is 4.98 Å². The summed E-state index contributed by atoms with van der Waals surface area (Å²) in [6.45, 7) is 0. The van der Waals surface area contributed by atoms with E-state index in [9.17, 15) is 4.79 Å². The molecule has 0 fully saturated rings. The van der Waals surface area contributed by atoms with E-state index in [1.165, 1.54) is 12.7 Å². The lowest BCUT2D eigenvalue weighted by atomic mass is 10.1. The summed E-state index contributed by atoms with van der Waals surface area (Å²) in [5, 5.41) is 0.648. The molecule has 25 heavy (non-hydrogen) atoms. The maximum Gasteiger partial charge on any atom is 0.311 e. The monoisotopic (exact) mass is 355 g/mol. The smallest absolute Gasteiger partial charge is 0.311 e. The van der Waals surface area contributed by atoms with E-state index in [2.05, 4.69) is 17.1 Å². The second kappa shape index (κ2) is 7.99. The lowest BCUT2D eigenvalue weighted by Crippen LogP contribution is -2.07. The van der Waals surface area contributed by atoms with Crippen LogP contribution < -0.4 is 0 Å². The van der Waals surface area contributed by atoms with Crippen LogP contribution in [-0.2, 0) is 28.8 Å². The zero-order valence-corrected chi connectivity index (χ0v) is 14.6. The molecule has 0 spiro atoms. The summed E-state index contributed by atoms with van der Waals surface area (Å²) in [7, 11) is 1.37. The Morgan fingerprint density at radius 3 is 2.48 bits per heavy atom. The van der Waals surface area contributed by atoms with Crippen LogP contribution in [0, 0.1) is 0 Å². The van der Waals surface area contributed by atoms with Crippen LogP contribution in [0.1, 0.15) is 17.0 Å². The van der Waals surface area contributed by atoms with E-state index < -0.39 is 0 Å². The number of halogens is 1. The van der Waals surface area contributed by atoms with Crippen molar-refractivity contribution in [2.45, 2.75) is 19.3 Å². The van der Waals surface area contributed by atoms with Crippen LogP contribution in [0.4, 0.5) is 0 Å². The van der Waals surface area contributed by atoms with E-state index in [-0.39, 0.29) is 12.4 Å². The van der Waals surface area contributed by atoms with Gasteiger partial charge in [0.05, 0.1) is 19.2 Å². The Kier molecular flexibility index (Phi) is 5.51. The molecule has 1 heterocycles. The van der Waals surface area contributed by atoms with Gasteiger partial charge in [-0.3, -0.25) is 4.79 Å². The average molecular weight is 356 g/mol. The van der Waals surface area contributed by atoms with Crippen molar-refractivity contribution >= 4 is 17.6 Å². The summed E-state index contributed by atoms with van der Waals surface area (Å²) < 4.78 is 10.7. The van der Waals surface area contributed by atoms with Crippen molar-refractivity contribution in [3.63, 3.8) is 0 Å². The van der Waals surface area contributed by atoms with Crippen LogP contribution >= 0.6 is 11.6 Å². The van der Waals surface area contributed by atoms with E-state index in [0.717, 1.165) is 12.0 Å². The molecule has 0 radical (unpaired) electrons. The molecule has 128 valence electrons. The predicted octanol–water partition coefficient (Wildman–Crippen LogP) is 4.50. The Balaban J connectivity index is 1.85. The van der Waals surface area contributed by atoms with Crippen molar-refractivity contribution in [3.05, 3.63) is 76.6 Å². The van der Waals surface area contributed by atoms with Gasteiger partial charge in [-0.1, -0.05) is 41.9 Å². The third kappa shape index (κ3) is 4.48. The first-order valence-electron chi connectivity index (χ1n) is 8.01. The highest BCUT2D eigenvalue weighted by molar-refractivity contribution is 6.30. The fraction of sp³-hybridized carbons (Fsp3) is 0.200. The van der Waals surface area contributed by atoms with E-state index in [1.807, 2.05) is 30.3 Å². The van der Waals surface area contributed by atoms with Gasteiger partial charge in [-0.2, -0.15) is 0 Å². The molecule has 0 N–H and O–H groups in total. The average Bonchev–Trinajstić information content (AvgIpc) is 3.04. The van der Waals surface area contributed by atoms with Gasteiger partial charge in [-0.15, -0.1) is 0 Å². The Bertz CT molecular complexity index is 841. The quantitative estimate of drug-likeness (QED) is 0.611.